The maximum Gasteiger partial charge on any atom is 0.235 e. The van der Waals surface area contributed by atoms with E-state index in [1.807, 2.05) is 48.5 Å². The Labute approximate surface area is 197 Å². The number of hydrogen-bond donors (Lipinski definition) is 1. The number of rotatable bonds is 7. The van der Waals surface area contributed by atoms with E-state index >= 15 is 0 Å². The van der Waals surface area contributed by atoms with Gasteiger partial charge < -0.3 is 10.1 Å². The number of hydrogen-bond acceptors (Lipinski definition) is 3. The molecular formula is C27H35ClN2O2. The van der Waals surface area contributed by atoms with Crippen molar-refractivity contribution in [1.29, 1.82) is 0 Å². The lowest BCUT2D eigenvalue weighted by atomic mass is 9.78. The Morgan fingerprint density at radius 3 is 2.28 bits per heavy atom. The van der Waals surface area contributed by atoms with E-state index < -0.39 is 5.41 Å². The van der Waals surface area contributed by atoms with E-state index in [2.05, 4.69) is 24.1 Å². The molecule has 2 aromatic carbocycles. The van der Waals surface area contributed by atoms with E-state index in [1.165, 1.54) is 6.42 Å². The summed E-state index contributed by atoms with van der Waals surface area (Å²) >= 11 is 6.07. The van der Waals surface area contributed by atoms with E-state index in [4.69, 9.17) is 16.3 Å². The molecule has 0 spiro atoms. The Kier molecular flexibility index (Phi) is 7.42. The number of likely N-dealkylation sites (tertiary alicyclic amines) is 1. The third-order valence-corrected chi connectivity index (χ3v) is 7.27. The minimum atomic E-state index is -0.470. The van der Waals surface area contributed by atoms with Gasteiger partial charge in [0.05, 0.1) is 5.41 Å². The number of carbonyl (C=O) groups is 1. The van der Waals surface area contributed by atoms with Gasteiger partial charge in [-0.25, -0.2) is 0 Å². The van der Waals surface area contributed by atoms with Gasteiger partial charge in [-0.15, -0.1) is 0 Å². The lowest BCUT2D eigenvalue weighted by Gasteiger charge is -2.34. The second kappa shape index (κ2) is 10.3. The van der Waals surface area contributed by atoms with Crippen molar-refractivity contribution in [3.63, 3.8) is 0 Å². The van der Waals surface area contributed by atoms with Crippen LogP contribution in [0.3, 0.4) is 0 Å². The summed E-state index contributed by atoms with van der Waals surface area (Å²) < 4.78 is 5.97. The quantitative estimate of drug-likeness (QED) is 0.545. The first kappa shape index (κ1) is 23.1. The highest BCUT2D eigenvalue weighted by Crippen LogP contribution is 2.42. The molecule has 1 N–H and O–H groups in total. The molecule has 1 saturated heterocycles. The smallest absolute Gasteiger partial charge is 0.235 e. The summed E-state index contributed by atoms with van der Waals surface area (Å²) in [6.07, 6.45) is 5.20. The van der Waals surface area contributed by atoms with E-state index in [0.29, 0.717) is 11.6 Å². The topological polar surface area (TPSA) is 41.6 Å². The van der Waals surface area contributed by atoms with Crippen LogP contribution in [0.5, 0.6) is 5.75 Å². The Morgan fingerprint density at radius 2 is 1.66 bits per heavy atom. The zero-order valence-corrected chi connectivity index (χ0v) is 20.0. The van der Waals surface area contributed by atoms with Crippen molar-refractivity contribution in [2.24, 2.45) is 11.8 Å². The van der Waals surface area contributed by atoms with Gasteiger partial charge in [0.2, 0.25) is 5.91 Å². The maximum atomic E-state index is 13.3. The minimum absolute atomic E-state index is 0.0688. The lowest BCUT2D eigenvalue weighted by Crippen LogP contribution is -2.40. The average molecular weight is 455 g/mol. The van der Waals surface area contributed by atoms with Crippen molar-refractivity contribution >= 4 is 23.2 Å². The van der Waals surface area contributed by atoms with Crippen LogP contribution in [-0.2, 0) is 10.2 Å². The molecule has 1 amide bonds. The number of carbonyl (C=O) groups excluding carboxylic acids is 1. The number of benzene rings is 2. The summed E-state index contributed by atoms with van der Waals surface area (Å²) in [4.78, 5) is 15.8. The molecule has 1 heterocycles. The number of nitrogens with zero attached hydrogens (tertiary/aromatic N) is 1. The molecule has 1 aliphatic carbocycles. The number of amides is 1. The Bertz CT molecular complexity index is 881. The predicted molar refractivity (Wildman–Crippen MR) is 132 cm³/mol. The Balaban J connectivity index is 1.32. The summed E-state index contributed by atoms with van der Waals surface area (Å²) in [5, 5.41) is 3.84. The van der Waals surface area contributed by atoms with Crippen molar-refractivity contribution in [2.75, 3.05) is 31.6 Å². The number of anilines is 1. The van der Waals surface area contributed by atoms with Crippen LogP contribution < -0.4 is 10.1 Å². The fourth-order valence-corrected chi connectivity index (χ4v) is 5.67. The van der Waals surface area contributed by atoms with Crippen molar-refractivity contribution in [1.82, 2.24) is 4.90 Å². The van der Waals surface area contributed by atoms with Crippen molar-refractivity contribution in [2.45, 2.75) is 51.4 Å². The van der Waals surface area contributed by atoms with Gasteiger partial charge in [0, 0.05) is 30.3 Å². The van der Waals surface area contributed by atoms with Gasteiger partial charge in [-0.1, -0.05) is 50.4 Å². The molecule has 0 unspecified atom stereocenters. The van der Waals surface area contributed by atoms with Gasteiger partial charge in [0.15, 0.2) is 0 Å². The first-order chi connectivity index (χ1) is 15.4. The van der Waals surface area contributed by atoms with Crippen molar-refractivity contribution in [3.05, 3.63) is 59.1 Å². The molecule has 4 rings (SSSR count). The van der Waals surface area contributed by atoms with Crippen LogP contribution in [0.1, 0.15) is 51.5 Å². The van der Waals surface area contributed by atoms with Gasteiger partial charge in [0.25, 0.3) is 0 Å². The third kappa shape index (κ3) is 5.47. The summed E-state index contributed by atoms with van der Waals surface area (Å²) in [7, 11) is 0. The van der Waals surface area contributed by atoms with Gasteiger partial charge in [-0.2, -0.15) is 0 Å². The van der Waals surface area contributed by atoms with Gasteiger partial charge >= 0.3 is 0 Å². The molecule has 0 aromatic heterocycles. The van der Waals surface area contributed by atoms with Gasteiger partial charge in [0.1, 0.15) is 12.4 Å². The van der Waals surface area contributed by atoms with Crippen LogP contribution >= 0.6 is 11.6 Å². The third-order valence-electron chi connectivity index (χ3n) is 7.02. The molecule has 2 atom stereocenters. The fraction of sp³-hybridized carbons (Fsp3) is 0.519. The standard InChI is InChI=1S/C27H35ClN2O2/c1-20-17-21(2)19-30(18-20)15-16-32-25-11-9-24(10-12-25)29-26(31)27(13-3-4-14-27)22-5-7-23(28)8-6-22/h5-12,20-21H,3-4,13-19H2,1-2H3,(H,29,31)/t20-,21+. The molecule has 2 aliphatic rings. The maximum absolute atomic E-state index is 13.3. The van der Waals surface area contributed by atoms with Crippen molar-refractivity contribution in [3.8, 4) is 5.75 Å². The molecular weight excluding hydrogens is 420 g/mol. The summed E-state index contributed by atoms with van der Waals surface area (Å²) in [6.45, 7) is 8.63. The molecule has 0 radical (unpaired) electrons. The fourth-order valence-electron chi connectivity index (χ4n) is 5.55. The van der Waals surface area contributed by atoms with Crippen LogP contribution in [-0.4, -0.2) is 37.0 Å². The zero-order valence-electron chi connectivity index (χ0n) is 19.3. The molecule has 2 fully saturated rings. The molecule has 4 nitrogen and oxygen atoms in total. The second-order valence-corrected chi connectivity index (χ2v) is 10.3. The van der Waals surface area contributed by atoms with E-state index in [1.54, 1.807) is 0 Å². The van der Waals surface area contributed by atoms with Gasteiger partial charge in [-0.3, -0.25) is 9.69 Å². The van der Waals surface area contributed by atoms with Gasteiger partial charge in [-0.05, 0) is 73.1 Å². The summed E-state index contributed by atoms with van der Waals surface area (Å²) in [5.41, 5.74) is 1.39. The molecule has 2 aromatic rings. The molecule has 0 bridgehead atoms. The predicted octanol–water partition coefficient (Wildman–Crippen LogP) is 6.15. The Morgan fingerprint density at radius 1 is 1.03 bits per heavy atom. The second-order valence-electron chi connectivity index (χ2n) is 9.83. The highest BCUT2D eigenvalue weighted by atomic mass is 35.5. The highest BCUT2D eigenvalue weighted by Gasteiger charge is 2.42. The SMILES string of the molecule is C[C@@H]1C[C@H](C)CN(CCOc2ccc(NC(=O)C3(c4ccc(Cl)cc4)CCCC3)cc2)C1. The molecule has 5 heteroatoms. The Hall–Kier alpha value is -2.04. The lowest BCUT2D eigenvalue weighted by molar-refractivity contribution is -0.121. The molecule has 32 heavy (non-hydrogen) atoms. The largest absolute Gasteiger partial charge is 0.492 e. The zero-order chi connectivity index (χ0) is 22.6. The van der Waals surface area contributed by atoms with Crippen LogP contribution in [0.2, 0.25) is 5.02 Å². The molecule has 172 valence electrons. The summed E-state index contributed by atoms with van der Waals surface area (Å²) in [5.74, 6) is 2.43. The number of nitrogens with one attached hydrogen (secondary N) is 1. The summed E-state index contributed by atoms with van der Waals surface area (Å²) in [6, 6.07) is 15.5. The first-order valence-corrected chi connectivity index (χ1v) is 12.4. The molecule has 1 saturated carbocycles. The van der Waals surface area contributed by atoms with E-state index in [0.717, 1.165) is 74.2 Å². The minimum Gasteiger partial charge on any atom is -0.492 e. The molecule has 1 aliphatic heterocycles. The monoisotopic (exact) mass is 454 g/mol. The van der Waals surface area contributed by atoms with Crippen LogP contribution in [0.25, 0.3) is 0 Å². The highest BCUT2D eigenvalue weighted by molar-refractivity contribution is 6.30. The van der Waals surface area contributed by atoms with Crippen LogP contribution in [0.4, 0.5) is 5.69 Å². The van der Waals surface area contributed by atoms with E-state index in [-0.39, 0.29) is 5.91 Å². The van der Waals surface area contributed by atoms with Crippen LogP contribution in [0.15, 0.2) is 48.5 Å². The first-order valence-electron chi connectivity index (χ1n) is 12.0. The number of halogens is 1. The number of piperidine rings is 1. The number of ether oxygens (including phenoxy) is 1. The normalized spacial score (nSPS) is 23.1. The van der Waals surface area contributed by atoms with Crippen molar-refractivity contribution < 1.29 is 9.53 Å². The average Bonchev–Trinajstić information content (AvgIpc) is 3.26. The van der Waals surface area contributed by atoms with E-state index in [9.17, 15) is 4.79 Å². The van der Waals surface area contributed by atoms with Crippen LogP contribution in [0, 0.1) is 11.8 Å².